The van der Waals surface area contributed by atoms with Crippen LogP contribution in [0.1, 0.15) is 53.0 Å². The smallest absolute Gasteiger partial charge is 0.332 e. The van der Waals surface area contributed by atoms with Gasteiger partial charge in [0.25, 0.3) is 0 Å². The fourth-order valence-corrected chi connectivity index (χ4v) is 3.92. The Morgan fingerprint density at radius 3 is 2.44 bits per heavy atom. The molecule has 0 spiro atoms. The number of carbonyl (C=O) groups is 1. The fraction of sp³-hybridized carbons (Fsp3) is 0.611. The molecule has 0 bridgehead atoms. The highest BCUT2D eigenvalue weighted by Crippen LogP contribution is 2.48. The number of benzene rings is 1. The molecule has 4 nitrogen and oxygen atoms in total. The standard InChI is InChI=1S/C18H25BrFNO3S/c1-11(2)24-16(22)18(12-6-7-12,21-25(23)17(3,4)5)14-10-13(19)8-9-15(14)20/h8-12,21H,6-7H2,1-5H3. The van der Waals surface area contributed by atoms with Crippen molar-refractivity contribution in [3.8, 4) is 0 Å². The van der Waals surface area contributed by atoms with Gasteiger partial charge in [0.1, 0.15) is 5.82 Å². The molecule has 2 atom stereocenters. The van der Waals surface area contributed by atoms with Crippen molar-refractivity contribution < 1.29 is 18.1 Å². The fourth-order valence-electron chi connectivity index (χ4n) is 2.60. The molecule has 0 heterocycles. The summed E-state index contributed by atoms with van der Waals surface area (Å²) in [6, 6.07) is 4.45. The average Bonchev–Trinajstić information content (AvgIpc) is 3.30. The van der Waals surface area contributed by atoms with Crippen molar-refractivity contribution in [3.05, 3.63) is 34.1 Å². The molecule has 0 radical (unpaired) electrons. The predicted octanol–water partition coefficient (Wildman–Crippen LogP) is 4.20. The van der Waals surface area contributed by atoms with Crippen LogP contribution in [0.15, 0.2) is 22.7 Å². The summed E-state index contributed by atoms with van der Waals surface area (Å²) >= 11 is 3.34. The minimum atomic E-state index is -1.57. The number of hydrogen-bond acceptors (Lipinski definition) is 3. The summed E-state index contributed by atoms with van der Waals surface area (Å²) in [5, 5.41) is 0. The first-order valence-electron chi connectivity index (χ1n) is 8.34. The van der Waals surface area contributed by atoms with E-state index in [9.17, 15) is 13.4 Å². The van der Waals surface area contributed by atoms with Gasteiger partial charge in [0.2, 0.25) is 0 Å². The topological polar surface area (TPSA) is 55.4 Å². The van der Waals surface area contributed by atoms with E-state index in [0.29, 0.717) is 4.47 Å². The van der Waals surface area contributed by atoms with Gasteiger partial charge in [-0.05, 0) is 71.6 Å². The van der Waals surface area contributed by atoms with Crippen LogP contribution >= 0.6 is 15.9 Å². The quantitative estimate of drug-likeness (QED) is 0.683. The molecule has 1 aliphatic carbocycles. The Morgan fingerprint density at radius 1 is 1.36 bits per heavy atom. The van der Waals surface area contributed by atoms with Crippen LogP contribution in [0.5, 0.6) is 0 Å². The maximum atomic E-state index is 14.7. The third-order valence-electron chi connectivity index (χ3n) is 4.02. The summed E-state index contributed by atoms with van der Waals surface area (Å²) in [7, 11) is -1.57. The average molecular weight is 434 g/mol. The zero-order chi connectivity index (χ0) is 19.0. The number of halogens is 2. The Kier molecular flexibility index (Phi) is 6.11. The summed E-state index contributed by atoms with van der Waals surface area (Å²) < 4.78 is 36.0. The molecule has 2 unspecified atom stereocenters. The molecule has 1 saturated carbocycles. The van der Waals surface area contributed by atoms with E-state index in [-0.39, 0.29) is 17.6 Å². The lowest BCUT2D eigenvalue weighted by atomic mass is 9.85. The SMILES string of the molecule is CC(C)OC(=O)C(NS(=O)C(C)(C)C)(c1cc(Br)ccc1F)C1CC1. The second kappa shape index (κ2) is 7.45. The lowest BCUT2D eigenvalue weighted by Crippen LogP contribution is -2.56. The zero-order valence-corrected chi connectivity index (χ0v) is 17.6. The van der Waals surface area contributed by atoms with Crippen LogP contribution in [0.25, 0.3) is 0 Å². The second-order valence-electron chi connectivity index (χ2n) is 7.64. The van der Waals surface area contributed by atoms with Crippen molar-refractivity contribution in [1.29, 1.82) is 0 Å². The molecule has 2 rings (SSSR count). The van der Waals surface area contributed by atoms with Crippen molar-refractivity contribution in [2.45, 2.75) is 63.9 Å². The molecule has 25 heavy (non-hydrogen) atoms. The van der Waals surface area contributed by atoms with Crippen LogP contribution in [0.2, 0.25) is 0 Å². The first-order chi connectivity index (χ1) is 11.5. The molecule has 7 heteroatoms. The third kappa shape index (κ3) is 4.49. The van der Waals surface area contributed by atoms with Gasteiger partial charge in [-0.1, -0.05) is 15.9 Å². The highest BCUT2D eigenvalue weighted by atomic mass is 79.9. The van der Waals surface area contributed by atoms with E-state index < -0.39 is 33.1 Å². The Balaban J connectivity index is 2.61. The van der Waals surface area contributed by atoms with Gasteiger partial charge in [-0.25, -0.2) is 18.1 Å². The van der Waals surface area contributed by atoms with Crippen LogP contribution in [0.4, 0.5) is 4.39 Å². The Morgan fingerprint density at radius 2 is 1.96 bits per heavy atom. The van der Waals surface area contributed by atoms with Gasteiger partial charge in [0, 0.05) is 10.0 Å². The molecule has 0 amide bonds. The van der Waals surface area contributed by atoms with Gasteiger partial charge in [-0.2, -0.15) is 0 Å². The molecule has 1 N–H and O–H groups in total. The van der Waals surface area contributed by atoms with E-state index in [2.05, 4.69) is 20.7 Å². The third-order valence-corrected chi connectivity index (χ3v) is 6.13. The van der Waals surface area contributed by atoms with Crippen molar-refractivity contribution in [2.24, 2.45) is 5.92 Å². The lowest BCUT2D eigenvalue weighted by Gasteiger charge is -2.36. The molecular formula is C18H25BrFNO3S. The van der Waals surface area contributed by atoms with Crippen LogP contribution < -0.4 is 4.72 Å². The van der Waals surface area contributed by atoms with Crippen LogP contribution in [-0.2, 0) is 26.1 Å². The molecule has 1 fully saturated rings. The first-order valence-corrected chi connectivity index (χ1v) is 10.3. The molecule has 0 aliphatic heterocycles. The summed E-state index contributed by atoms with van der Waals surface area (Å²) in [4.78, 5) is 13.1. The minimum absolute atomic E-state index is 0.158. The summed E-state index contributed by atoms with van der Waals surface area (Å²) in [6.07, 6.45) is 1.13. The van der Waals surface area contributed by atoms with Crippen molar-refractivity contribution in [3.63, 3.8) is 0 Å². The maximum absolute atomic E-state index is 14.7. The summed E-state index contributed by atoms with van der Waals surface area (Å²) in [6.45, 7) is 8.90. The molecule has 1 aromatic carbocycles. The molecule has 140 valence electrons. The highest BCUT2D eigenvalue weighted by Gasteiger charge is 2.56. The van der Waals surface area contributed by atoms with Crippen molar-refractivity contribution >= 4 is 32.9 Å². The normalized spacial score (nSPS) is 18.7. The molecular weight excluding hydrogens is 409 g/mol. The van der Waals surface area contributed by atoms with Crippen LogP contribution in [-0.4, -0.2) is 21.0 Å². The van der Waals surface area contributed by atoms with Gasteiger partial charge in [0.15, 0.2) is 5.54 Å². The Labute approximate surface area is 159 Å². The lowest BCUT2D eigenvalue weighted by molar-refractivity contribution is -0.156. The number of hydrogen-bond donors (Lipinski definition) is 1. The summed E-state index contributed by atoms with van der Waals surface area (Å²) in [5.74, 6) is -1.26. The van der Waals surface area contributed by atoms with Gasteiger partial charge in [-0.3, -0.25) is 0 Å². The van der Waals surface area contributed by atoms with E-state index >= 15 is 0 Å². The Hall–Kier alpha value is -0.790. The van der Waals surface area contributed by atoms with Crippen molar-refractivity contribution in [2.75, 3.05) is 0 Å². The first kappa shape index (κ1) is 20.5. The number of rotatable bonds is 6. The number of ether oxygens (including phenoxy) is 1. The van der Waals surface area contributed by atoms with Gasteiger partial charge in [0.05, 0.1) is 21.8 Å². The van der Waals surface area contributed by atoms with E-state index in [1.807, 2.05) is 0 Å². The van der Waals surface area contributed by atoms with E-state index in [1.165, 1.54) is 6.07 Å². The van der Waals surface area contributed by atoms with Gasteiger partial charge in [-0.15, -0.1) is 0 Å². The zero-order valence-electron chi connectivity index (χ0n) is 15.2. The van der Waals surface area contributed by atoms with E-state index in [1.54, 1.807) is 46.8 Å². The van der Waals surface area contributed by atoms with E-state index in [0.717, 1.165) is 12.8 Å². The number of nitrogens with one attached hydrogen (secondary N) is 1. The van der Waals surface area contributed by atoms with Gasteiger partial charge < -0.3 is 4.74 Å². The maximum Gasteiger partial charge on any atom is 0.332 e. The summed E-state index contributed by atoms with van der Waals surface area (Å²) in [5.41, 5.74) is -1.29. The molecule has 1 aliphatic rings. The van der Waals surface area contributed by atoms with E-state index in [4.69, 9.17) is 4.74 Å². The monoisotopic (exact) mass is 433 g/mol. The molecule has 1 aromatic rings. The minimum Gasteiger partial charge on any atom is -0.461 e. The number of carbonyl (C=O) groups excluding carboxylic acids is 1. The van der Waals surface area contributed by atoms with Crippen molar-refractivity contribution in [1.82, 2.24) is 4.72 Å². The molecule has 0 aromatic heterocycles. The predicted molar refractivity (Wildman–Crippen MR) is 101 cm³/mol. The second-order valence-corrected chi connectivity index (χ2v) is 10.5. The largest absolute Gasteiger partial charge is 0.461 e. The van der Waals surface area contributed by atoms with Gasteiger partial charge >= 0.3 is 5.97 Å². The van der Waals surface area contributed by atoms with Crippen LogP contribution in [0, 0.1) is 11.7 Å². The van der Waals surface area contributed by atoms with Crippen LogP contribution in [0.3, 0.4) is 0 Å². The highest BCUT2D eigenvalue weighted by molar-refractivity contribution is 9.10. The number of esters is 1. The molecule has 0 saturated heterocycles. The Bertz CT molecular complexity index is 685.